The molecule has 5 heteroatoms. The van der Waals surface area contributed by atoms with Gasteiger partial charge in [-0.25, -0.2) is 9.97 Å². The van der Waals surface area contributed by atoms with E-state index in [4.69, 9.17) is 5.11 Å². The first kappa shape index (κ1) is 9.44. The maximum absolute atomic E-state index is 10.2. The highest BCUT2D eigenvalue weighted by Crippen LogP contribution is 1.99. The average Bonchev–Trinajstić information content (AvgIpc) is 2.15. The highest BCUT2D eigenvalue weighted by molar-refractivity contribution is 5.71. The van der Waals surface area contributed by atoms with E-state index in [-0.39, 0.29) is 6.54 Å². The molecule has 0 atom stereocenters. The van der Waals surface area contributed by atoms with Crippen molar-refractivity contribution >= 4 is 11.9 Å². The molecule has 0 aliphatic heterocycles. The molecule has 0 fully saturated rings. The molecular weight excluding hydrogens is 170 g/mol. The van der Waals surface area contributed by atoms with Crippen molar-refractivity contribution in [3.8, 4) is 0 Å². The van der Waals surface area contributed by atoms with Crippen LogP contribution in [0, 0.1) is 0 Å². The summed E-state index contributed by atoms with van der Waals surface area (Å²) in [4.78, 5) is 18.0. The van der Waals surface area contributed by atoms with Crippen LogP contribution in [0.15, 0.2) is 12.4 Å². The number of aromatic nitrogens is 2. The molecule has 0 aromatic carbocycles. The number of hydrogen-bond acceptors (Lipinski definition) is 4. The van der Waals surface area contributed by atoms with Crippen LogP contribution in [0.2, 0.25) is 0 Å². The zero-order valence-electron chi connectivity index (χ0n) is 7.32. The van der Waals surface area contributed by atoms with Crippen molar-refractivity contribution in [1.29, 1.82) is 0 Å². The topological polar surface area (TPSA) is 75.1 Å². The molecule has 1 aromatic heterocycles. The molecule has 0 aliphatic carbocycles. The predicted molar refractivity (Wildman–Crippen MR) is 47.5 cm³/mol. The monoisotopic (exact) mass is 181 g/mol. The van der Waals surface area contributed by atoms with Gasteiger partial charge in [-0.1, -0.05) is 6.92 Å². The normalized spacial score (nSPS) is 9.62. The average molecular weight is 181 g/mol. The summed E-state index contributed by atoms with van der Waals surface area (Å²) >= 11 is 0. The molecule has 0 unspecified atom stereocenters. The second-order valence-electron chi connectivity index (χ2n) is 2.52. The Kier molecular flexibility index (Phi) is 3.19. The lowest BCUT2D eigenvalue weighted by Crippen LogP contribution is -2.14. The van der Waals surface area contributed by atoms with Crippen LogP contribution in [0.4, 0.5) is 5.95 Å². The van der Waals surface area contributed by atoms with E-state index in [1.807, 2.05) is 6.92 Å². The lowest BCUT2D eigenvalue weighted by Gasteiger charge is -2.00. The Bertz CT molecular complexity index is 284. The second kappa shape index (κ2) is 4.39. The smallest absolute Gasteiger partial charge is 0.322 e. The molecule has 0 amide bonds. The predicted octanol–water partition coefficient (Wildman–Crippen LogP) is 0.535. The SMILES string of the molecule is CCc1cnc(NCC(=O)O)nc1. The Hall–Kier alpha value is -1.65. The minimum atomic E-state index is -0.928. The van der Waals surface area contributed by atoms with Crippen molar-refractivity contribution in [2.45, 2.75) is 13.3 Å². The lowest BCUT2D eigenvalue weighted by atomic mass is 10.3. The molecule has 0 radical (unpaired) electrons. The van der Waals surface area contributed by atoms with Crippen LogP contribution in [-0.2, 0) is 11.2 Å². The van der Waals surface area contributed by atoms with Crippen LogP contribution in [0.25, 0.3) is 0 Å². The molecule has 5 nitrogen and oxygen atoms in total. The quantitative estimate of drug-likeness (QED) is 0.708. The van der Waals surface area contributed by atoms with Gasteiger partial charge in [0.15, 0.2) is 0 Å². The number of nitrogens with one attached hydrogen (secondary N) is 1. The first-order valence-corrected chi connectivity index (χ1v) is 3.99. The van der Waals surface area contributed by atoms with Gasteiger partial charge in [-0.3, -0.25) is 4.79 Å². The fourth-order valence-corrected chi connectivity index (χ4v) is 0.783. The molecular formula is C8H11N3O2. The standard InChI is InChI=1S/C8H11N3O2/c1-2-6-3-9-8(10-4-6)11-5-7(12)13/h3-4H,2,5H2,1H3,(H,12,13)(H,9,10,11). The van der Waals surface area contributed by atoms with Gasteiger partial charge in [0.2, 0.25) is 5.95 Å². The van der Waals surface area contributed by atoms with Gasteiger partial charge in [0.1, 0.15) is 6.54 Å². The first-order valence-electron chi connectivity index (χ1n) is 3.99. The van der Waals surface area contributed by atoms with Crippen LogP contribution in [-0.4, -0.2) is 27.6 Å². The van der Waals surface area contributed by atoms with Gasteiger partial charge in [-0.15, -0.1) is 0 Å². The van der Waals surface area contributed by atoms with E-state index in [1.165, 1.54) is 0 Å². The number of hydrogen-bond donors (Lipinski definition) is 2. The van der Waals surface area contributed by atoms with E-state index >= 15 is 0 Å². The van der Waals surface area contributed by atoms with Crippen molar-refractivity contribution in [1.82, 2.24) is 9.97 Å². The van der Waals surface area contributed by atoms with Gasteiger partial charge in [-0.2, -0.15) is 0 Å². The van der Waals surface area contributed by atoms with Crippen LogP contribution in [0.3, 0.4) is 0 Å². The third kappa shape index (κ3) is 3.06. The number of carboxylic acids is 1. The molecule has 1 heterocycles. The summed E-state index contributed by atoms with van der Waals surface area (Å²) in [6.45, 7) is 1.84. The van der Waals surface area contributed by atoms with E-state index in [0.29, 0.717) is 5.95 Å². The summed E-state index contributed by atoms with van der Waals surface area (Å²) < 4.78 is 0. The van der Waals surface area contributed by atoms with Crippen LogP contribution in [0.1, 0.15) is 12.5 Å². The van der Waals surface area contributed by atoms with Gasteiger partial charge in [0, 0.05) is 12.4 Å². The third-order valence-corrected chi connectivity index (χ3v) is 1.51. The second-order valence-corrected chi connectivity index (χ2v) is 2.52. The number of nitrogens with zero attached hydrogens (tertiary/aromatic N) is 2. The Morgan fingerprint density at radius 1 is 1.54 bits per heavy atom. The summed E-state index contributed by atoms with van der Waals surface area (Å²) in [5, 5.41) is 10.9. The van der Waals surface area contributed by atoms with Crippen LogP contribution >= 0.6 is 0 Å². The molecule has 0 aliphatic rings. The number of rotatable bonds is 4. The van der Waals surface area contributed by atoms with Crippen molar-refractivity contribution in [3.05, 3.63) is 18.0 Å². The molecule has 1 aromatic rings. The van der Waals surface area contributed by atoms with Gasteiger partial charge >= 0.3 is 5.97 Å². The van der Waals surface area contributed by atoms with Crippen LogP contribution < -0.4 is 5.32 Å². The summed E-state index contributed by atoms with van der Waals surface area (Å²) in [7, 11) is 0. The summed E-state index contributed by atoms with van der Waals surface area (Å²) in [5.74, 6) is -0.581. The molecule has 0 saturated heterocycles. The zero-order chi connectivity index (χ0) is 9.68. The maximum atomic E-state index is 10.2. The highest BCUT2D eigenvalue weighted by atomic mass is 16.4. The molecule has 70 valence electrons. The largest absolute Gasteiger partial charge is 0.480 e. The Morgan fingerprint density at radius 2 is 2.15 bits per heavy atom. The number of carbonyl (C=O) groups is 1. The third-order valence-electron chi connectivity index (χ3n) is 1.51. The number of carboxylic acid groups (broad SMARTS) is 1. The van der Waals surface area contributed by atoms with Crippen molar-refractivity contribution < 1.29 is 9.90 Å². The molecule has 0 saturated carbocycles. The van der Waals surface area contributed by atoms with Crippen molar-refractivity contribution in [2.24, 2.45) is 0 Å². The summed E-state index contributed by atoms with van der Waals surface area (Å²) in [6, 6.07) is 0. The number of aliphatic carboxylic acids is 1. The number of anilines is 1. The van der Waals surface area contributed by atoms with Gasteiger partial charge in [-0.05, 0) is 12.0 Å². The molecule has 0 bridgehead atoms. The fraction of sp³-hybridized carbons (Fsp3) is 0.375. The lowest BCUT2D eigenvalue weighted by molar-refractivity contribution is -0.134. The van der Waals surface area contributed by atoms with Crippen LogP contribution in [0.5, 0.6) is 0 Å². The molecule has 13 heavy (non-hydrogen) atoms. The zero-order valence-corrected chi connectivity index (χ0v) is 7.32. The van der Waals surface area contributed by atoms with Gasteiger partial charge < -0.3 is 10.4 Å². The van der Waals surface area contributed by atoms with E-state index in [2.05, 4.69) is 15.3 Å². The maximum Gasteiger partial charge on any atom is 0.322 e. The van der Waals surface area contributed by atoms with Crippen molar-refractivity contribution in [3.63, 3.8) is 0 Å². The Morgan fingerprint density at radius 3 is 2.62 bits per heavy atom. The highest BCUT2D eigenvalue weighted by Gasteiger charge is 1.98. The van der Waals surface area contributed by atoms with Gasteiger partial charge in [0.05, 0.1) is 0 Å². The molecule has 0 spiro atoms. The molecule has 1 rings (SSSR count). The van der Waals surface area contributed by atoms with E-state index in [0.717, 1.165) is 12.0 Å². The van der Waals surface area contributed by atoms with Gasteiger partial charge in [0.25, 0.3) is 0 Å². The summed E-state index contributed by atoms with van der Waals surface area (Å²) in [5.41, 5.74) is 1.03. The fourth-order valence-electron chi connectivity index (χ4n) is 0.783. The summed E-state index contributed by atoms with van der Waals surface area (Å²) in [6.07, 6.45) is 4.23. The van der Waals surface area contributed by atoms with E-state index < -0.39 is 5.97 Å². The molecule has 2 N–H and O–H groups in total. The van der Waals surface area contributed by atoms with E-state index in [1.54, 1.807) is 12.4 Å². The number of aryl methyl sites for hydroxylation is 1. The van der Waals surface area contributed by atoms with Crippen molar-refractivity contribution in [2.75, 3.05) is 11.9 Å². The Balaban J connectivity index is 2.54. The minimum absolute atomic E-state index is 0.161. The Labute approximate surface area is 75.8 Å². The van der Waals surface area contributed by atoms with E-state index in [9.17, 15) is 4.79 Å². The minimum Gasteiger partial charge on any atom is -0.480 e. The first-order chi connectivity index (χ1) is 6.22.